The largest absolute Gasteiger partial charge is 0.341 e. The lowest BCUT2D eigenvalue weighted by Gasteiger charge is -2.35. The Balaban J connectivity index is 1.62. The van der Waals surface area contributed by atoms with Crippen molar-refractivity contribution in [2.45, 2.75) is 51.2 Å². The van der Waals surface area contributed by atoms with Crippen LogP contribution in [0.2, 0.25) is 0 Å². The molecule has 1 aromatic rings. The highest BCUT2D eigenvalue weighted by Gasteiger charge is 2.23. The monoisotopic (exact) mass is 289 g/mol. The first-order valence-corrected chi connectivity index (χ1v) is 8.11. The molecule has 1 saturated carbocycles. The summed E-state index contributed by atoms with van der Waals surface area (Å²) in [4.78, 5) is 14.0. The van der Waals surface area contributed by atoms with E-state index in [9.17, 15) is 0 Å². The highest BCUT2D eigenvalue weighted by Crippen LogP contribution is 2.21. The van der Waals surface area contributed by atoms with E-state index in [4.69, 9.17) is 4.98 Å². The summed E-state index contributed by atoms with van der Waals surface area (Å²) >= 11 is 0. The summed E-state index contributed by atoms with van der Waals surface area (Å²) in [5.74, 6) is 0.872. The molecule has 0 bridgehead atoms. The van der Waals surface area contributed by atoms with Crippen molar-refractivity contribution >= 4 is 5.95 Å². The smallest absolute Gasteiger partial charge is 0.225 e. The van der Waals surface area contributed by atoms with Crippen LogP contribution >= 0.6 is 0 Å². The molecule has 1 aliphatic heterocycles. The summed E-state index contributed by atoms with van der Waals surface area (Å²) in [6.45, 7) is 5.32. The number of likely N-dealkylation sites (tertiary alicyclic amines) is 1. The third-order valence-electron chi connectivity index (χ3n) is 4.78. The average Bonchev–Trinajstić information content (AvgIpc) is 3.30. The lowest BCUT2D eigenvalue weighted by molar-refractivity contribution is 0.252. The molecule has 1 aliphatic carbocycles. The van der Waals surface area contributed by atoms with Crippen molar-refractivity contribution in [3.63, 3.8) is 0 Å². The molecule has 2 aliphatic rings. The van der Waals surface area contributed by atoms with Crippen molar-refractivity contribution in [2.24, 2.45) is 0 Å². The van der Waals surface area contributed by atoms with E-state index < -0.39 is 0 Å². The third kappa shape index (κ3) is 3.71. The number of rotatable bonds is 5. The molecule has 0 amide bonds. The minimum Gasteiger partial charge on any atom is -0.341 e. The third-order valence-corrected chi connectivity index (χ3v) is 4.78. The van der Waals surface area contributed by atoms with Crippen LogP contribution in [0.25, 0.3) is 0 Å². The molecule has 3 rings (SSSR count). The predicted octanol–water partition coefficient (Wildman–Crippen LogP) is 1.57. The van der Waals surface area contributed by atoms with Crippen molar-refractivity contribution in [2.75, 3.05) is 32.1 Å². The van der Waals surface area contributed by atoms with E-state index in [1.807, 2.05) is 6.20 Å². The molecule has 0 atom stereocenters. The topological polar surface area (TPSA) is 44.3 Å². The molecular formula is C16H27N5. The summed E-state index contributed by atoms with van der Waals surface area (Å²) in [6.07, 6.45) is 7.02. The molecule has 0 spiro atoms. The molecule has 5 heteroatoms. The van der Waals surface area contributed by atoms with E-state index in [0.29, 0.717) is 6.04 Å². The number of nitrogens with one attached hydrogen (secondary N) is 1. The maximum absolute atomic E-state index is 4.73. The summed E-state index contributed by atoms with van der Waals surface area (Å²) in [5.41, 5.74) is 2.33. The Bertz CT molecular complexity index is 478. The van der Waals surface area contributed by atoms with Crippen molar-refractivity contribution in [1.29, 1.82) is 0 Å². The fourth-order valence-corrected chi connectivity index (χ4v) is 2.91. The van der Waals surface area contributed by atoms with Crippen LogP contribution in [-0.4, -0.2) is 54.1 Å². The van der Waals surface area contributed by atoms with Gasteiger partial charge in [0.05, 0.1) is 0 Å². The van der Waals surface area contributed by atoms with Gasteiger partial charge in [-0.2, -0.15) is 0 Å². The molecule has 0 aromatic carbocycles. The Morgan fingerprint density at radius 2 is 2.00 bits per heavy atom. The molecule has 1 aromatic heterocycles. The molecule has 5 nitrogen and oxygen atoms in total. The normalized spacial score (nSPS) is 20.7. The molecule has 1 N–H and O–H groups in total. The molecule has 116 valence electrons. The zero-order valence-corrected chi connectivity index (χ0v) is 13.5. The Morgan fingerprint density at radius 1 is 1.29 bits per heavy atom. The summed E-state index contributed by atoms with van der Waals surface area (Å²) < 4.78 is 0. The highest BCUT2D eigenvalue weighted by atomic mass is 15.3. The number of anilines is 1. The first kappa shape index (κ1) is 14.7. The van der Waals surface area contributed by atoms with Crippen LogP contribution in [0.3, 0.4) is 0 Å². The fraction of sp³-hybridized carbons (Fsp3) is 0.750. The second-order valence-corrected chi connectivity index (χ2v) is 6.58. The van der Waals surface area contributed by atoms with Crippen molar-refractivity contribution < 1.29 is 0 Å². The van der Waals surface area contributed by atoms with E-state index in [2.05, 4.69) is 41.1 Å². The number of hydrogen-bond acceptors (Lipinski definition) is 5. The summed E-state index contributed by atoms with van der Waals surface area (Å²) in [6, 6.07) is 1.29. The van der Waals surface area contributed by atoms with Crippen LogP contribution in [0.5, 0.6) is 0 Å². The lowest BCUT2D eigenvalue weighted by Crippen LogP contribution is -2.42. The molecule has 21 heavy (non-hydrogen) atoms. The zero-order chi connectivity index (χ0) is 14.8. The number of nitrogens with zero attached hydrogens (tertiary/aromatic N) is 4. The minimum atomic E-state index is 0.566. The van der Waals surface area contributed by atoms with Crippen LogP contribution < -0.4 is 10.2 Å². The van der Waals surface area contributed by atoms with Gasteiger partial charge in [-0.15, -0.1) is 0 Å². The van der Waals surface area contributed by atoms with E-state index in [1.54, 1.807) is 0 Å². The number of piperidine rings is 1. The standard InChI is InChI=1S/C16H27N5/c1-12-13(10-17-14-4-5-14)11-18-16(19-12)21(3)15-6-8-20(2)9-7-15/h11,14-15,17H,4-10H2,1-3H3. The first-order chi connectivity index (χ1) is 10.1. The summed E-state index contributed by atoms with van der Waals surface area (Å²) in [5, 5.41) is 3.53. The highest BCUT2D eigenvalue weighted by molar-refractivity contribution is 5.33. The first-order valence-electron chi connectivity index (χ1n) is 8.11. The minimum absolute atomic E-state index is 0.566. The Morgan fingerprint density at radius 3 is 2.62 bits per heavy atom. The number of aryl methyl sites for hydroxylation is 1. The van der Waals surface area contributed by atoms with Crippen LogP contribution in [0.15, 0.2) is 6.20 Å². The molecule has 2 fully saturated rings. The Kier molecular flexibility index (Phi) is 4.40. The van der Waals surface area contributed by atoms with Crippen LogP contribution in [0, 0.1) is 6.92 Å². The van der Waals surface area contributed by atoms with Crippen LogP contribution in [-0.2, 0) is 6.54 Å². The van der Waals surface area contributed by atoms with E-state index in [-0.39, 0.29) is 0 Å². The molecule has 1 saturated heterocycles. The van der Waals surface area contributed by atoms with Gasteiger partial charge in [-0.3, -0.25) is 0 Å². The SMILES string of the molecule is Cc1nc(N(C)C2CCN(C)CC2)ncc1CNC1CC1. The zero-order valence-electron chi connectivity index (χ0n) is 13.5. The Labute approximate surface area is 127 Å². The predicted molar refractivity (Wildman–Crippen MR) is 85.6 cm³/mol. The lowest BCUT2D eigenvalue weighted by atomic mass is 10.0. The van der Waals surface area contributed by atoms with Gasteiger partial charge < -0.3 is 15.1 Å². The van der Waals surface area contributed by atoms with Gasteiger partial charge in [0.2, 0.25) is 5.95 Å². The Hall–Kier alpha value is -1.20. The average molecular weight is 289 g/mol. The second kappa shape index (κ2) is 6.28. The van der Waals surface area contributed by atoms with Gasteiger partial charge in [0.15, 0.2) is 0 Å². The van der Waals surface area contributed by atoms with Gasteiger partial charge in [0.25, 0.3) is 0 Å². The molecule has 2 heterocycles. The van der Waals surface area contributed by atoms with Gasteiger partial charge in [-0.25, -0.2) is 9.97 Å². The van der Waals surface area contributed by atoms with Gasteiger partial charge >= 0.3 is 0 Å². The van der Waals surface area contributed by atoms with Crippen LogP contribution in [0.4, 0.5) is 5.95 Å². The van der Waals surface area contributed by atoms with Crippen LogP contribution in [0.1, 0.15) is 36.9 Å². The van der Waals surface area contributed by atoms with E-state index in [0.717, 1.165) is 37.3 Å². The number of aromatic nitrogens is 2. The van der Waals surface area contributed by atoms with Gasteiger partial charge in [0, 0.05) is 43.1 Å². The van der Waals surface area contributed by atoms with Gasteiger partial charge in [0.1, 0.15) is 0 Å². The summed E-state index contributed by atoms with van der Waals surface area (Å²) in [7, 11) is 4.32. The van der Waals surface area contributed by atoms with Crippen molar-refractivity contribution in [1.82, 2.24) is 20.2 Å². The van der Waals surface area contributed by atoms with E-state index >= 15 is 0 Å². The van der Waals surface area contributed by atoms with Crippen molar-refractivity contribution in [3.8, 4) is 0 Å². The quantitative estimate of drug-likeness (QED) is 0.891. The number of hydrogen-bond donors (Lipinski definition) is 1. The van der Waals surface area contributed by atoms with Gasteiger partial charge in [-0.05, 0) is 52.7 Å². The maximum atomic E-state index is 4.73. The molecular weight excluding hydrogens is 262 g/mol. The maximum Gasteiger partial charge on any atom is 0.225 e. The van der Waals surface area contributed by atoms with Gasteiger partial charge in [-0.1, -0.05) is 0 Å². The van der Waals surface area contributed by atoms with E-state index in [1.165, 1.54) is 31.2 Å². The fourth-order valence-electron chi connectivity index (χ4n) is 2.91. The molecule has 0 unspecified atom stereocenters. The molecule has 0 radical (unpaired) electrons. The van der Waals surface area contributed by atoms with Crippen molar-refractivity contribution in [3.05, 3.63) is 17.5 Å². The second-order valence-electron chi connectivity index (χ2n) is 6.58.